The summed E-state index contributed by atoms with van der Waals surface area (Å²) in [7, 11) is -3.43. The van der Waals surface area contributed by atoms with Crippen molar-refractivity contribution in [2.24, 2.45) is 5.41 Å². The van der Waals surface area contributed by atoms with Gasteiger partial charge in [-0.1, -0.05) is 39.8 Å². The molecule has 0 heterocycles. The minimum Gasteiger partial charge on any atom is -0.313 e. The highest BCUT2D eigenvalue weighted by Gasteiger charge is 2.20. The van der Waals surface area contributed by atoms with Gasteiger partial charge in [0.2, 0.25) is 10.0 Å². The maximum absolute atomic E-state index is 12.3. The van der Waals surface area contributed by atoms with Crippen molar-refractivity contribution in [3.63, 3.8) is 0 Å². The van der Waals surface area contributed by atoms with Crippen LogP contribution in [0.5, 0.6) is 0 Å². The molecule has 1 aromatic rings. The summed E-state index contributed by atoms with van der Waals surface area (Å²) < 4.78 is 27.3. The summed E-state index contributed by atoms with van der Waals surface area (Å²) in [5.74, 6) is 0. The molecule has 0 aromatic heterocycles. The lowest BCUT2D eigenvalue weighted by atomic mass is 9.91. The topological polar surface area (TPSA) is 58.2 Å². The first-order valence-electron chi connectivity index (χ1n) is 7.10. The van der Waals surface area contributed by atoms with Crippen molar-refractivity contribution in [3.8, 4) is 0 Å². The Hall–Kier alpha value is -0.910. The van der Waals surface area contributed by atoms with Crippen molar-refractivity contribution in [1.29, 1.82) is 0 Å². The lowest BCUT2D eigenvalue weighted by Crippen LogP contribution is -2.33. The number of rotatable bonds is 8. The molecular formula is C15H26N2O2S. The molecule has 1 rings (SSSR count). The third kappa shape index (κ3) is 5.23. The van der Waals surface area contributed by atoms with Gasteiger partial charge in [0.15, 0.2) is 0 Å². The summed E-state index contributed by atoms with van der Waals surface area (Å²) in [5, 5.41) is 3.19. The van der Waals surface area contributed by atoms with Crippen molar-refractivity contribution in [3.05, 3.63) is 29.8 Å². The van der Waals surface area contributed by atoms with E-state index in [-0.39, 0.29) is 5.41 Å². The predicted octanol–water partition coefficient (Wildman–Crippen LogP) is 2.51. The highest BCUT2D eigenvalue weighted by atomic mass is 32.2. The van der Waals surface area contributed by atoms with E-state index in [1.54, 1.807) is 18.2 Å². The number of nitrogens with one attached hydrogen (secondary N) is 2. The fraction of sp³-hybridized carbons (Fsp3) is 0.600. The van der Waals surface area contributed by atoms with Gasteiger partial charge in [0, 0.05) is 13.1 Å². The third-order valence-corrected chi connectivity index (χ3v) is 4.88. The first-order chi connectivity index (χ1) is 9.30. The van der Waals surface area contributed by atoms with E-state index in [1.165, 1.54) is 0 Å². The normalized spacial score (nSPS) is 12.6. The van der Waals surface area contributed by atoms with Gasteiger partial charge in [-0.15, -0.1) is 0 Å². The van der Waals surface area contributed by atoms with Crippen LogP contribution >= 0.6 is 0 Å². The molecule has 4 nitrogen and oxygen atoms in total. The van der Waals surface area contributed by atoms with E-state index in [0.29, 0.717) is 18.0 Å². The molecule has 20 heavy (non-hydrogen) atoms. The molecule has 0 bridgehead atoms. The van der Waals surface area contributed by atoms with Crippen LogP contribution < -0.4 is 10.0 Å². The maximum Gasteiger partial charge on any atom is 0.240 e. The van der Waals surface area contributed by atoms with Crippen LogP contribution in [0.3, 0.4) is 0 Å². The van der Waals surface area contributed by atoms with Crippen molar-refractivity contribution in [2.45, 2.75) is 45.6 Å². The van der Waals surface area contributed by atoms with Crippen LogP contribution in [0.4, 0.5) is 0 Å². The quantitative estimate of drug-likeness (QED) is 0.775. The number of hydrogen-bond donors (Lipinski definition) is 2. The van der Waals surface area contributed by atoms with Crippen molar-refractivity contribution < 1.29 is 8.42 Å². The third-order valence-electron chi connectivity index (χ3n) is 3.49. The van der Waals surface area contributed by atoms with Crippen LogP contribution in [0, 0.1) is 5.41 Å². The molecule has 0 aliphatic carbocycles. The Morgan fingerprint density at radius 3 is 2.50 bits per heavy atom. The van der Waals surface area contributed by atoms with E-state index < -0.39 is 10.0 Å². The van der Waals surface area contributed by atoms with Gasteiger partial charge in [0.1, 0.15) is 0 Å². The smallest absolute Gasteiger partial charge is 0.240 e. The van der Waals surface area contributed by atoms with E-state index in [4.69, 9.17) is 0 Å². The second-order valence-electron chi connectivity index (χ2n) is 5.77. The van der Waals surface area contributed by atoms with Crippen LogP contribution in [0.1, 0.15) is 39.7 Å². The van der Waals surface area contributed by atoms with Crippen LogP contribution in [0.25, 0.3) is 0 Å². The lowest BCUT2D eigenvalue weighted by molar-refractivity contribution is 0.350. The summed E-state index contributed by atoms with van der Waals surface area (Å²) in [6.07, 6.45) is 0.927. The summed E-state index contributed by atoms with van der Waals surface area (Å²) in [5.41, 5.74) is 0.943. The number of benzene rings is 1. The van der Waals surface area contributed by atoms with Crippen LogP contribution in [0.15, 0.2) is 29.2 Å². The van der Waals surface area contributed by atoms with Crippen molar-refractivity contribution in [2.75, 3.05) is 13.1 Å². The van der Waals surface area contributed by atoms with Gasteiger partial charge < -0.3 is 5.32 Å². The Morgan fingerprint density at radius 2 is 1.90 bits per heavy atom. The van der Waals surface area contributed by atoms with Gasteiger partial charge in [0.25, 0.3) is 0 Å². The average molecular weight is 298 g/mol. The SMILES string of the molecule is CCNCc1cccc(S(=O)(=O)NCC(C)(C)CC)c1. The maximum atomic E-state index is 12.3. The van der Waals surface area contributed by atoms with Gasteiger partial charge in [-0.3, -0.25) is 0 Å². The summed E-state index contributed by atoms with van der Waals surface area (Å²) in [4.78, 5) is 0.333. The Morgan fingerprint density at radius 1 is 1.20 bits per heavy atom. The fourth-order valence-electron chi connectivity index (χ4n) is 1.59. The largest absolute Gasteiger partial charge is 0.313 e. The minimum atomic E-state index is -3.43. The van der Waals surface area contributed by atoms with E-state index in [2.05, 4.69) is 30.8 Å². The molecule has 0 atom stereocenters. The molecule has 0 aliphatic rings. The average Bonchev–Trinajstić information content (AvgIpc) is 2.43. The Bertz CT molecular complexity index is 524. The second-order valence-corrected chi connectivity index (χ2v) is 7.54. The molecular weight excluding hydrogens is 272 g/mol. The van der Waals surface area contributed by atoms with E-state index in [1.807, 2.05) is 13.0 Å². The highest BCUT2D eigenvalue weighted by molar-refractivity contribution is 7.89. The van der Waals surface area contributed by atoms with Crippen molar-refractivity contribution >= 4 is 10.0 Å². The molecule has 0 aliphatic heterocycles. The minimum absolute atomic E-state index is 0.0333. The zero-order valence-corrected chi connectivity index (χ0v) is 13.7. The first-order valence-corrected chi connectivity index (χ1v) is 8.58. The summed E-state index contributed by atoms with van der Waals surface area (Å²) in [6, 6.07) is 7.07. The van der Waals surface area contributed by atoms with Crippen LogP contribution in [-0.2, 0) is 16.6 Å². The Kier molecular flexibility index (Phi) is 6.17. The predicted molar refractivity (Wildman–Crippen MR) is 83.1 cm³/mol. The Labute approximate surface area is 123 Å². The molecule has 114 valence electrons. The van der Waals surface area contributed by atoms with Crippen molar-refractivity contribution in [1.82, 2.24) is 10.0 Å². The van der Waals surface area contributed by atoms with E-state index in [0.717, 1.165) is 18.5 Å². The highest BCUT2D eigenvalue weighted by Crippen LogP contribution is 2.19. The standard InChI is InChI=1S/C15H26N2O2S/c1-5-15(3,4)12-17-20(18,19)14-9-7-8-13(10-14)11-16-6-2/h7-10,16-17H,5-6,11-12H2,1-4H3. The molecule has 0 saturated carbocycles. The molecule has 1 aromatic carbocycles. The molecule has 0 spiro atoms. The van der Waals surface area contributed by atoms with E-state index in [9.17, 15) is 8.42 Å². The lowest BCUT2D eigenvalue weighted by Gasteiger charge is -2.22. The van der Waals surface area contributed by atoms with Gasteiger partial charge in [0.05, 0.1) is 4.90 Å². The molecule has 0 radical (unpaired) electrons. The van der Waals surface area contributed by atoms with Gasteiger partial charge in [-0.25, -0.2) is 13.1 Å². The summed E-state index contributed by atoms with van der Waals surface area (Å²) >= 11 is 0. The molecule has 0 unspecified atom stereocenters. The van der Waals surface area contributed by atoms with Gasteiger partial charge in [-0.2, -0.15) is 0 Å². The molecule has 0 amide bonds. The zero-order valence-electron chi connectivity index (χ0n) is 12.9. The molecule has 5 heteroatoms. The zero-order chi connectivity index (χ0) is 15.2. The number of sulfonamides is 1. The molecule has 0 fully saturated rings. The van der Waals surface area contributed by atoms with Gasteiger partial charge >= 0.3 is 0 Å². The monoisotopic (exact) mass is 298 g/mol. The second kappa shape index (κ2) is 7.20. The Balaban J connectivity index is 2.82. The van der Waals surface area contributed by atoms with E-state index >= 15 is 0 Å². The summed E-state index contributed by atoms with van der Waals surface area (Å²) in [6.45, 7) is 10.2. The number of hydrogen-bond acceptors (Lipinski definition) is 3. The van der Waals surface area contributed by atoms with Gasteiger partial charge in [-0.05, 0) is 36.1 Å². The van der Waals surface area contributed by atoms with Crippen LogP contribution in [-0.4, -0.2) is 21.5 Å². The first kappa shape index (κ1) is 17.1. The fourth-order valence-corrected chi connectivity index (χ4v) is 2.90. The molecule has 2 N–H and O–H groups in total. The molecule has 0 saturated heterocycles. The van der Waals surface area contributed by atoms with Crippen LogP contribution in [0.2, 0.25) is 0 Å².